The van der Waals surface area contributed by atoms with E-state index in [0.29, 0.717) is 0 Å². The molecule has 0 aromatic rings. The third-order valence-electron chi connectivity index (χ3n) is 2.30. The number of halogens is 3. The monoisotopic (exact) mass is 307 g/mol. The van der Waals surface area contributed by atoms with Gasteiger partial charge in [0.2, 0.25) is 12.2 Å². The van der Waals surface area contributed by atoms with Crippen molar-refractivity contribution in [2.24, 2.45) is 0 Å². The molecule has 0 unspecified atom stereocenters. The lowest BCUT2D eigenvalue weighted by molar-refractivity contribution is -0.272. The van der Waals surface area contributed by atoms with E-state index in [1.165, 1.54) is 6.92 Å². The van der Waals surface area contributed by atoms with Gasteiger partial charge in [0.25, 0.3) is 3.79 Å². The van der Waals surface area contributed by atoms with Crippen LogP contribution in [0.25, 0.3) is 0 Å². The number of alkyl halides is 3. The van der Waals surface area contributed by atoms with Crippen molar-refractivity contribution in [3.8, 4) is 0 Å². The average Bonchev–Trinajstić information content (AvgIpc) is 2.21. The van der Waals surface area contributed by atoms with Crippen LogP contribution in [0.15, 0.2) is 0 Å². The highest BCUT2D eigenvalue weighted by Crippen LogP contribution is 2.30. The Morgan fingerprint density at radius 1 is 1.18 bits per heavy atom. The Morgan fingerprint density at radius 3 is 2.18 bits per heavy atom. The van der Waals surface area contributed by atoms with Crippen molar-refractivity contribution in [2.45, 2.75) is 41.4 Å². The third-order valence-corrected chi connectivity index (χ3v) is 2.81. The summed E-state index contributed by atoms with van der Waals surface area (Å²) in [7, 11) is 0. The molecule has 0 amide bonds. The molecule has 1 rings (SSSR count). The maximum Gasteiger partial charge on any atom is 0.265 e. The van der Waals surface area contributed by atoms with Crippen LogP contribution in [-0.2, 0) is 9.47 Å². The minimum atomic E-state index is -2.09. The van der Waals surface area contributed by atoms with Gasteiger partial charge in [-0.1, -0.05) is 34.8 Å². The second-order valence-electron chi connectivity index (χ2n) is 3.63. The van der Waals surface area contributed by atoms with Crippen LogP contribution < -0.4 is 0 Å². The topological polar surface area (TPSA) is 103 Å². The molecule has 9 heteroatoms. The normalized spacial score (nSPS) is 38.9. The zero-order valence-electron chi connectivity index (χ0n) is 8.68. The first-order chi connectivity index (χ1) is 7.64. The molecule has 0 bridgehead atoms. The maximum absolute atomic E-state index is 9.55. The van der Waals surface area contributed by atoms with Crippen molar-refractivity contribution < 1.29 is 24.8 Å². The number of rotatable bonds is 1. The molecule has 100 valence electrons. The van der Waals surface area contributed by atoms with E-state index >= 15 is 0 Å². The molecule has 6 nitrogen and oxygen atoms in total. The van der Waals surface area contributed by atoms with Crippen LogP contribution in [0.4, 0.5) is 0 Å². The molecular formula is C8H12Cl3NO5. The number of hydrogen-bond acceptors (Lipinski definition) is 6. The SMILES string of the molecule is C[C@H]1O[C@H](OC(=N)C(Cl)(Cl)Cl)[C@H](O)[C@@H](O)[C@H]1O. The highest BCUT2D eigenvalue weighted by Gasteiger charge is 2.44. The van der Waals surface area contributed by atoms with E-state index in [-0.39, 0.29) is 0 Å². The summed E-state index contributed by atoms with van der Waals surface area (Å²) in [6.45, 7) is 1.47. The molecule has 1 saturated heterocycles. The van der Waals surface area contributed by atoms with Gasteiger partial charge in [0.1, 0.15) is 18.3 Å². The summed E-state index contributed by atoms with van der Waals surface area (Å²) in [5.74, 6) is -0.748. The van der Waals surface area contributed by atoms with Gasteiger partial charge in [0, 0.05) is 0 Å². The number of ether oxygens (including phenoxy) is 2. The molecule has 1 heterocycles. The minimum Gasteiger partial charge on any atom is -0.445 e. The van der Waals surface area contributed by atoms with E-state index in [1.807, 2.05) is 0 Å². The summed E-state index contributed by atoms with van der Waals surface area (Å²) >= 11 is 16.2. The van der Waals surface area contributed by atoms with Gasteiger partial charge in [-0.15, -0.1) is 0 Å². The minimum absolute atomic E-state index is 0.748. The van der Waals surface area contributed by atoms with Crippen molar-refractivity contribution in [1.29, 1.82) is 5.41 Å². The van der Waals surface area contributed by atoms with Gasteiger partial charge in [0.15, 0.2) is 0 Å². The summed E-state index contributed by atoms with van der Waals surface area (Å²) in [5.41, 5.74) is 0. The standard InChI is InChI=1S/C8H12Cl3NO5/c1-2-3(13)4(14)5(15)6(16-2)17-7(12)8(9,10)11/h2-6,12-15H,1H3/t2-,3+,4+,5-,6-/m1/s1. The van der Waals surface area contributed by atoms with Gasteiger partial charge in [0.05, 0.1) is 6.10 Å². The molecule has 0 aromatic carbocycles. The summed E-state index contributed by atoms with van der Waals surface area (Å²) in [4.78, 5) is 0. The molecule has 0 aliphatic carbocycles. The van der Waals surface area contributed by atoms with Crippen LogP contribution in [0.2, 0.25) is 0 Å². The van der Waals surface area contributed by atoms with Crippen molar-refractivity contribution >= 4 is 40.7 Å². The number of aliphatic hydroxyl groups excluding tert-OH is 3. The second-order valence-corrected chi connectivity index (χ2v) is 5.91. The first-order valence-electron chi connectivity index (χ1n) is 4.66. The van der Waals surface area contributed by atoms with Gasteiger partial charge in [-0.25, -0.2) is 0 Å². The summed E-state index contributed by atoms with van der Waals surface area (Å²) in [5, 5.41) is 35.7. The molecule has 17 heavy (non-hydrogen) atoms. The van der Waals surface area contributed by atoms with E-state index in [2.05, 4.69) is 0 Å². The second kappa shape index (κ2) is 5.44. The molecule has 1 fully saturated rings. The quantitative estimate of drug-likeness (QED) is 0.314. The number of nitrogens with one attached hydrogen (secondary N) is 1. The van der Waals surface area contributed by atoms with Crippen LogP contribution in [0.5, 0.6) is 0 Å². The lowest BCUT2D eigenvalue weighted by atomic mass is 10.0. The van der Waals surface area contributed by atoms with Crippen molar-refractivity contribution in [2.75, 3.05) is 0 Å². The van der Waals surface area contributed by atoms with Crippen molar-refractivity contribution in [1.82, 2.24) is 0 Å². The Kier molecular flexibility index (Phi) is 4.88. The molecule has 0 radical (unpaired) electrons. The molecule has 0 aromatic heterocycles. The van der Waals surface area contributed by atoms with E-state index in [1.54, 1.807) is 0 Å². The zero-order valence-corrected chi connectivity index (χ0v) is 10.9. The Bertz CT molecular complexity index is 297. The maximum atomic E-state index is 9.55. The van der Waals surface area contributed by atoms with Crippen molar-refractivity contribution in [3.05, 3.63) is 0 Å². The molecule has 4 N–H and O–H groups in total. The van der Waals surface area contributed by atoms with Gasteiger partial charge < -0.3 is 24.8 Å². The fourth-order valence-corrected chi connectivity index (χ4v) is 1.43. The molecule has 5 atom stereocenters. The lowest BCUT2D eigenvalue weighted by Crippen LogP contribution is -2.58. The molecule has 1 aliphatic heterocycles. The predicted molar refractivity (Wildman–Crippen MR) is 61.5 cm³/mol. The summed E-state index contributed by atoms with van der Waals surface area (Å²) < 4.78 is 7.76. The molecule has 0 spiro atoms. The zero-order chi connectivity index (χ0) is 13.4. The highest BCUT2D eigenvalue weighted by atomic mass is 35.6. The fourth-order valence-electron chi connectivity index (χ4n) is 1.29. The van der Waals surface area contributed by atoms with Gasteiger partial charge >= 0.3 is 0 Å². The first kappa shape index (κ1) is 15.2. The largest absolute Gasteiger partial charge is 0.445 e. The number of aliphatic hydroxyl groups is 3. The third kappa shape index (κ3) is 3.57. The van der Waals surface area contributed by atoms with E-state index in [4.69, 9.17) is 49.7 Å². The van der Waals surface area contributed by atoms with Crippen LogP contribution in [0.3, 0.4) is 0 Å². The van der Waals surface area contributed by atoms with Crippen LogP contribution in [-0.4, -0.2) is 55.7 Å². The van der Waals surface area contributed by atoms with Gasteiger partial charge in [-0.3, -0.25) is 5.41 Å². The Labute approximate surface area is 112 Å². The summed E-state index contributed by atoms with van der Waals surface area (Å²) in [6, 6.07) is 0. The Morgan fingerprint density at radius 2 is 1.71 bits per heavy atom. The highest BCUT2D eigenvalue weighted by molar-refractivity contribution is 6.76. The lowest BCUT2D eigenvalue weighted by Gasteiger charge is -2.39. The van der Waals surface area contributed by atoms with E-state index in [9.17, 15) is 15.3 Å². The van der Waals surface area contributed by atoms with E-state index < -0.39 is 40.4 Å². The smallest absolute Gasteiger partial charge is 0.265 e. The first-order valence-corrected chi connectivity index (χ1v) is 5.80. The van der Waals surface area contributed by atoms with Crippen LogP contribution in [0.1, 0.15) is 6.92 Å². The van der Waals surface area contributed by atoms with E-state index in [0.717, 1.165) is 0 Å². The fraction of sp³-hybridized carbons (Fsp3) is 0.875. The Balaban J connectivity index is 2.69. The van der Waals surface area contributed by atoms with Crippen LogP contribution in [0, 0.1) is 5.41 Å². The van der Waals surface area contributed by atoms with Gasteiger partial charge in [-0.05, 0) is 6.92 Å². The molecule has 1 aliphatic rings. The van der Waals surface area contributed by atoms with Crippen molar-refractivity contribution in [3.63, 3.8) is 0 Å². The van der Waals surface area contributed by atoms with Crippen LogP contribution >= 0.6 is 34.8 Å². The number of hydrogen-bond donors (Lipinski definition) is 4. The average molecular weight is 309 g/mol. The van der Waals surface area contributed by atoms with Gasteiger partial charge in [-0.2, -0.15) is 0 Å². The summed E-state index contributed by atoms with van der Waals surface area (Å²) in [6.07, 6.45) is -6.44. The predicted octanol–water partition coefficient (Wildman–Crippen LogP) is 0.178. The molecular weight excluding hydrogens is 296 g/mol. The molecule has 0 saturated carbocycles. The Hall–Kier alpha value is 0.180.